The van der Waals surface area contributed by atoms with E-state index in [0.717, 1.165) is 19.5 Å². The monoisotopic (exact) mass is 217 g/mol. The van der Waals surface area contributed by atoms with Crippen LogP contribution in [0, 0.1) is 5.92 Å². The quantitative estimate of drug-likeness (QED) is 0.666. The average molecular weight is 217 g/mol. The van der Waals surface area contributed by atoms with Crippen LogP contribution in [0.25, 0.3) is 0 Å². The molecular formula is C11H23NOS. The molecule has 1 aliphatic rings. The van der Waals surface area contributed by atoms with Crippen molar-refractivity contribution in [3.8, 4) is 0 Å². The van der Waals surface area contributed by atoms with Gasteiger partial charge >= 0.3 is 0 Å². The van der Waals surface area contributed by atoms with E-state index in [1.165, 1.54) is 31.4 Å². The highest BCUT2D eigenvalue weighted by atomic mass is 32.2. The Hall–Kier alpha value is 0.270. The van der Waals surface area contributed by atoms with Crippen molar-refractivity contribution in [2.75, 3.05) is 25.1 Å². The van der Waals surface area contributed by atoms with E-state index in [9.17, 15) is 5.11 Å². The van der Waals surface area contributed by atoms with Crippen molar-refractivity contribution in [3.63, 3.8) is 0 Å². The molecule has 0 aliphatic heterocycles. The highest BCUT2D eigenvalue weighted by Crippen LogP contribution is 2.23. The van der Waals surface area contributed by atoms with Gasteiger partial charge in [0.2, 0.25) is 0 Å². The summed E-state index contributed by atoms with van der Waals surface area (Å²) in [7, 11) is 0. The van der Waals surface area contributed by atoms with Crippen LogP contribution < -0.4 is 5.32 Å². The third-order valence-electron chi connectivity index (χ3n) is 2.98. The summed E-state index contributed by atoms with van der Waals surface area (Å²) in [5.74, 6) is 1.75. The summed E-state index contributed by atoms with van der Waals surface area (Å²) in [5.41, 5.74) is 0. The van der Waals surface area contributed by atoms with Gasteiger partial charge in [-0.05, 0) is 43.7 Å². The molecule has 2 nitrogen and oxygen atoms in total. The van der Waals surface area contributed by atoms with Crippen molar-refractivity contribution in [2.24, 2.45) is 5.92 Å². The highest BCUT2D eigenvalue weighted by molar-refractivity contribution is 7.98. The van der Waals surface area contributed by atoms with Crippen LogP contribution in [-0.4, -0.2) is 36.3 Å². The van der Waals surface area contributed by atoms with Gasteiger partial charge in [-0.2, -0.15) is 11.8 Å². The van der Waals surface area contributed by atoms with Crippen molar-refractivity contribution in [3.05, 3.63) is 0 Å². The molecule has 2 atom stereocenters. The molecule has 0 aromatic heterocycles. The predicted octanol–water partition coefficient (Wildman–Crippen LogP) is 1.88. The van der Waals surface area contributed by atoms with Gasteiger partial charge in [-0.3, -0.25) is 0 Å². The van der Waals surface area contributed by atoms with Gasteiger partial charge < -0.3 is 10.4 Å². The maximum absolute atomic E-state index is 9.73. The second-order valence-corrected chi connectivity index (χ2v) is 5.15. The molecule has 0 amide bonds. The molecule has 0 saturated heterocycles. The lowest BCUT2D eigenvalue weighted by Gasteiger charge is -2.27. The standard InChI is InChI=1S/C11H23NOS/c1-14-8-4-7-12-9-10-5-2-3-6-11(10)13/h10-13H,2-9H2,1H3. The largest absolute Gasteiger partial charge is 0.393 e. The van der Waals surface area contributed by atoms with Crippen LogP contribution in [-0.2, 0) is 0 Å². The summed E-state index contributed by atoms with van der Waals surface area (Å²) >= 11 is 1.90. The zero-order valence-corrected chi connectivity index (χ0v) is 9.98. The Labute approximate surface area is 91.9 Å². The predicted molar refractivity (Wildman–Crippen MR) is 63.8 cm³/mol. The van der Waals surface area contributed by atoms with Crippen LogP contribution >= 0.6 is 11.8 Å². The number of aliphatic hydroxyl groups excluding tert-OH is 1. The van der Waals surface area contributed by atoms with Crippen LogP contribution in [0.4, 0.5) is 0 Å². The van der Waals surface area contributed by atoms with E-state index in [1.54, 1.807) is 0 Å². The Morgan fingerprint density at radius 1 is 1.36 bits per heavy atom. The summed E-state index contributed by atoms with van der Waals surface area (Å²) < 4.78 is 0. The fourth-order valence-corrected chi connectivity index (χ4v) is 2.49. The van der Waals surface area contributed by atoms with Gasteiger partial charge in [-0.25, -0.2) is 0 Å². The Balaban J connectivity index is 1.99. The van der Waals surface area contributed by atoms with Gasteiger partial charge in [-0.15, -0.1) is 0 Å². The number of nitrogens with one attached hydrogen (secondary N) is 1. The molecule has 1 rings (SSSR count). The van der Waals surface area contributed by atoms with Crippen molar-refractivity contribution in [2.45, 2.75) is 38.2 Å². The molecule has 0 spiro atoms. The molecule has 0 heterocycles. The van der Waals surface area contributed by atoms with Crippen LogP contribution in [0.1, 0.15) is 32.1 Å². The number of hydrogen-bond donors (Lipinski definition) is 2. The first kappa shape index (κ1) is 12.3. The molecule has 1 fully saturated rings. The molecule has 0 radical (unpaired) electrons. The normalized spacial score (nSPS) is 27.9. The Morgan fingerprint density at radius 3 is 2.86 bits per heavy atom. The number of aliphatic hydroxyl groups is 1. The van der Waals surface area contributed by atoms with Crippen LogP contribution in [0.15, 0.2) is 0 Å². The minimum absolute atomic E-state index is 0.0446. The van der Waals surface area contributed by atoms with E-state index in [-0.39, 0.29) is 6.10 Å². The lowest BCUT2D eigenvalue weighted by molar-refractivity contribution is 0.0698. The first-order valence-corrected chi connectivity index (χ1v) is 7.11. The smallest absolute Gasteiger partial charge is 0.0580 e. The molecule has 0 aromatic rings. The second kappa shape index (κ2) is 7.55. The van der Waals surface area contributed by atoms with Gasteiger partial charge in [0.1, 0.15) is 0 Å². The van der Waals surface area contributed by atoms with E-state index >= 15 is 0 Å². The molecule has 3 heteroatoms. The Morgan fingerprint density at radius 2 is 2.14 bits per heavy atom. The third kappa shape index (κ3) is 4.67. The minimum Gasteiger partial charge on any atom is -0.393 e. The first-order valence-electron chi connectivity index (χ1n) is 5.72. The van der Waals surface area contributed by atoms with E-state index < -0.39 is 0 Å². The van der Waals surface area contributed by atoms with Gasteiger partial charge in [-0.1, -0.05) is 12.8 Å². The van der Waals surface area contributed by atoms with Crippen LogP contribution in [0.5, 0.6) is 0 Å². The van der Waals surface area contributed by atoms with E-state index in [1.807, 2.05) is 11.8 Å². The van der Waals surface area contributed by atoms with Crippen molar-refractivity contribution < 1.29 is 5.11 Å². The molecular weight excluding hydrogens is 194 g/mol. The lowest BCUT2D eigenvalue weighted by atomic mass is 9.86. The molecule has 2 N–H and O–H groups in total. The fourth-order valence-electron chi connectivity index (χ4n) is 2.06. The maximum atomic E-state index is 9.73. The number of thioether (sulfide) groups is 1. The summed E-state index contributed by atoms with van der Waals surface area (Å²) in [4.78, 5) is 0. The van der Waals surface area contributed by atoms with Crippen molar-refractivity contribution in [1.29, 1.82) is 0 Å². The molecule has 0 bridgehead atoms. The van der Waals surface area contributed by atoms with E-state index in [2.05, 4.69) is 11.6 Å². The van der Waals surface area contributed by atoms with E-state index in [0.29, 0.717) is 5.92 Å². The van der Waals surface area contributed by atoms with Crippen LogP contribution in [0.3, 0.4) is 0 Å². The zero-order chi connectivity index (χ0) is 10.2. The van der Waals surface area contributed by atoms with Gasteiger partial charge in [0.25, 0.3) is 0 Å². The number of rotatable bonds is 6. The Kier molecular flexibility index (Phi) is 6.65. The topological polar surface area (TPSA) is 32.3 Å². The van der Waals surface area contributed by atoms with Crippen molar-refractivity contribution >= 4 is 11.8 Å². The highest BCUT2D eigenvalue weighted by Gasteiger charge is 2.21. The van der Waals surface area contributed by atoms with Crippen LogP contribution in [0.2, 0.25) is 0 Å². The van der Waals surface area contributed by atoms with Gasteiger partial charge in [0.05, 0.1) is 6.10 Å². The SMILES string of the molecule is CSCCCNCC1CCCCC1O. The molecule has 1 aliphatic carbocycles. The molecule has 84 valence electrons. The average Bonchev–Trinajstić information content (AvgIpc) is 2.20. The van der Waals surface area contributed by atoms with Gasteiger partial charge in [0, 0.05) is 6.54 Å². The molecule has 0 aromatic carbocycles. The summed E-state index contributed by atoms with van der Waals surface area (Å²) in [6.07, 6.45) is 8.07. The third-order valence-corrected chi connectivity index (χ3v) is 3.67. The first-order chi connectivity index (χ1) is 6.84. The zero-order valence-electron chi connectivity index (χ0n) is 9.17. The molecule has 1 saturated carbocycles. The summed E-state index contributed by atoms with van der Waals surface area (Å²) in [5, 5.41) is 13.2. The molecule has 14 heavy (non-hydrogen) atoms. The Bertz CT molecular complexity index is 143. The maximum Gasteiger partial charge on any atom is 0.0580 e. The molecule has 2 unspecified atom stereocenters. The second-order valence-electron chi connectivity index (χ2n) is 4.16. The summed E-state index contributed by atoms with van der Waals surface area (Å²) in [6, 6.07) is 0. The minimum atomic E-state index is -0.0446. The van der Waals surface area contributed by atoms with E-state index in [4.69, 9.17) is 0 Å². The fraction of sp³-hybridized carbons (Fsp3) is 1.00. The summed E-state index contributed by atoms with van der Waals surface area (Å²) in [6.45, 7) is 2.11. The lowest BCUT2D eigenvalue weighted by Crippen LogP contribution is -2.34. The van der Waals surface area contributed by atoms with Crippen molar-refractivity contribution in [1.82, 2.24) is 5.32 Å². The number of hydrogen-bond acceptors (Lipinski definition) is 3. The van der Waals surface area contributed by atoms with Gasteiger partial charge in [0.15, 0.2) is 0 Å².